The molecule has 142 valence electrons. The minimum absolute atomic E-state index is 0.142. The predicted octanol–water partition coefficient (Wildman–Crippen LogP) is 3.42. The Balaban J connectivity index is 1.87. The van der Waals surface area contributed by atoms with Gasteiger partial charge in [-0.25, -0.2) is 0 Å². The van der Waals surface area contributed by atoms with Crippen molar-refractivity contribution in [3.05, 3.63) is 59.7 Å². The molecule has 27 heavy (non-hydrogen) atoms. The number of terminal acetylenes is 1. The van der Waals surface area contributed by atoms with Crippen LogP contribution in [0.4, 0.5) is 0 Å². The van der Waals surface area contributed by atoms with Crippen molar-refractivity contribution >= 4 is 17.2 Å². The summed E-state index contributed by atoms with van der Waals surface area (Å²) < 4.78 is 16.4. The Morgan fingerprint density at radius 2 is 1.89 bits per heavy atom. The van der Waals surface area contributed by atoms with E-state index >= 15 is 0 Å². The van der Waals surface area contributed by atoms with E-state index in [0.717, 1.165) is 18.4 Å². The Kier molecular flexibility index (Phi) is 8.63. The minimum Gasteiger partial charge on any atom is -0.493 e. The molecule has 4 nitrogen and oxygen atoms in total. The zero-order valence-corrected chi connectivity index (χ0v) is 16.6. The zero-order chi connectivity index (χ0) is 19.5. The highest BCUT2D eigenvalue weighted by atomic mass is 32.1. The van der Waals surface area contributed by atoms with E-state index in [-0.39, 0.29) is 12.7 Å². The summed E-state index contributed by atoms with van der Waals surface area (Å²) in [7, 11) is 3.30. The normalized spacial score (nSPS) is 11.3. The Labute approximate surface area is 166 Å². The van der Waals surface area contributed by atoms with Crippen LogP contribution in [0.15, 0.2) is 48.5 Å². The van der Waals surface area contributed by atoms with Crippen LogP contribution in [-0.4, -0.2) is 38.5 Å². The van der Waals surface area contributed by atoms with Crippen LogP contribution in [0.5, 0.6) is 11.5 Å². The minimum atomic E-state index is -0.142. The SMILES string of the molecule is C#CCOc1ccc(CCNC(=S)[C@@H](Cc2ccccc2)OC)cc1OC. The second-order valence-corrected chi connectivity index (χ2v) is 6.37. The number of methoxy groups -OCH3 is 2. The van der Waals surface area contributed by atoms with Crippen molar-refractivity contribution in [2.75, 3.05) is 27.4 Å². The number of benzene rings is 2. The molecule has 0 bridgehead atoms. The third kappa shape index (κ3) is 6.59. The van der Waals surface area contributed by atoms with Gasteiger partial charge in [0, 0.05) is 20.1 Å². The summed E-state index contributed by atoms with van der Waals surface area (Å²) in [4.78, 5) is 0.710. The molecule has 0 saturated heterocycles. The summed E-state index contributed by atoms with van der Waals surface area (Å²) in [6.45, 7) is 0.923. The van der Waals surface area contributed by atoms with Gasteiger partial charge >= 0.3 is 0 Å². The first-order valence-corrected chi connectivity index (χ1v) is 9.16. The highest BCUT2D eigenvalue weighted by Gasteiger charge is 2.14. The van der Waals surface area contributed by atoms with Crippen LogP contribution in [0.3, 0.4) is 0 Å². The van der Waals surface area contributed by atoms with E-state index in [2.05, 4.69) is 23.4 Å². The van der Waals surface area contributed by atoms with Crippen molar-refractivity contribution in [2.45, 2.75) is 18.9 Å². The van der Waals surface area contributed by atoms with Gasteiger partial charge in [-0.05, 0) is 29.7 Å². The van der Waals surface area contributed by atoms with Crippen LogP contribution >= 0.6 is 12.2 Å². The standard InChI is InChI=1S/C22H25NO3S/c1-4-14-26-19-11-10-18(15-20(19)24-2)12-13-23-22(27)21(25-3)16-17-8-6-5-7-9-17/h1,5-11,15,21H,12-14,16H2,2-3H3,(H,23,27)/t21-/m1/s1. The first-order valence-electron chi connectivity index (χ1n) is 8.75. The molecule has 0 aliphatic heterocycles. The van der Waals surface area contributed by atoms with E-state index in [0.29, 0.717) is 23.0 Å². The molecule has 0 saturated carbocycles. The lowest BCUT2D eigenvalue weighted by atomic mass is 10.1. The second-order valence-electron chi connectivity index (χ2n) is 5.93. The van der Waals surface area contributed by atoms with Gasteiger partial charge in [-0.3, -0.25) is 0 Å². The smallest absolute Gasteiger partial charge is 0.162 e. The van der Waals surface area contributed by atoms with Gasteiger partial charge < -0.3 is 19.5 Å². The lowest BCUT2D eigenvalue weighted by Crippen LogP contribution is -2.36. The molecule has 0 aliphatic rings. The molecule has 5 heteroatoms. The van der Waals surface area contributed by atoms with E-state index in [1.807, 2.05) is 36.4 Å². The zero-order valence-electron chi connectivity index (χ0n) is 15.7. The highest BCUT2D eigenvalue weighted by molar-refractivity contribution is 7.80. The summed E-state index contributed by atoms with van der Waals surface area (Å²) in [5.41, 5.74) is 2.31. The molecule has 1 N–H and O–H groups in total. The largest absolute Gasteiger partial charge is 0.493 e. The highest BCUT2D eigenvalue weighted by Crippen LogP contribution is 2.28. The maximum atomic E-state index is 5.55. The number of thiocarbonyl (C=S) groups is 1. The third-order valence-electron chi connectivity index (χ3n) is 4.09. The monoisotopic (exact) mass is 383 g/mol. The van der Waals surface area contributed by atoms with Gasteiger partial charge in [-0.15, -0.1) is 6.42 Å². The van der Waals surface area contributed by atoms with Gasteiger partial charge in [-0.2, -0.15) is 0 Å². The van der Waals surface area contributed by atoms with Gasteiger partial charge in [0.2, 0.25) is 0 Å². The molecular formula is C22H25NO3S. The molecule has 0 fully saturated rings. The topological polar surface area (TPSA) is 39.7 Å². The maximum Gasteiger partial charge on any atom is 0.162 e. The van der Waals surface area contributed by atoms with Crippen molar-refractivity contribution in [1.82, 2.24) is 5.32 Å². The average Bonchev–Trinajstić information content (AvgIpc) is 2.71. The number of rotatable bonds is 10. The summed E-state index contributed by atoms with van der Waals surface area (Å²) in [6, 6.07) is 16.0. The molecule has 2 aromatic carbocycles. The fourth-order valence-corrected chi connectivity index (χ4v) is 2.94. The Morgan fingerprint density at radius 1 is 1.11 bits per heavy atom. The van der Waals surface area contributed by atoms with Crippen LogP contribution < -0.4 is 14.8 Å². The quantitative estimate of drug-likeness (QED) is 0.503. The molecule has 0 heterocycles. The molecule has 0 amide bonds. The molecule has 2 rings (SSSR count). The summed E-state index contributed by atoms with van der Waals surface area (Å²) in [6.07, 6.45) is 6.64. The van der Waals surface area contributed by atoms with Gasteiger partial charge in [-0.1, -0.05) is 54.5 Å². The molecule has 0 aliphatic carbocycles. The van der Waals surface area contributed by atoms with Gasteiger partial charge in [0.25, 0.3) is 0 Å². The summed E-state index contributed by atoms with van der Waals surface area (Å²) >= 11 is 5.51. The van der Waals surface area contributed by atoms with Gasteiger partial charge in [0.1, 0.15) is 17.7 Å². The number of nitrogens with one attached hydrogen (secondary N) is 1. The van der Waals surface area contributed by atoms with E-state index in [1.54, 1.807) is 14.2 Å². The van der Waals surface area contributed by atoms with Crippen molar-refractivity contribution in [3.63, 3.8) is 0 Å². The molecule has 2 aromatic rings. The van der Waals surface area contributed by atoms with Crippen LogP contribution in [-0.2, 0) is 17.6 Å². The van der Waals surface area contributed by atoms with Crippen molar-refractivity contribution in [3.8, 4) is 23.8 Å². The first kappa shape index (κ1) is 20.8. The fraction of sp³-hybridized carbons (Fsp3) is 0.318. The molecule has 0 radical (unpaired) electrons. The van der Waals surface area contributed by atoms with E-state index < -0.39 is 0 Å². The van der Waals surface area contributed by atoms with E-state index in [9.17, 15) is 0 Å². The van der Waals surface area contributed by atoms with Gasteiger partial charge in [0.05, 0.1) is 7.11 Å². The second kappa shape index (κ2) is 11.2. The summed E-state index contributed by atoms with van der Waals surface area (Å²) in [5.74, 6) is 3.76. The Morgan fingerprint density at radius 3 is 2.56 bits per heavy atom. The van der Waals surface area contributed by atoms with Gasteiger partial charge in [0.15, 0.2) is 11.5 Å². The summed E-state index contributed by atoms with van der Waals surface area (Å²) in [5, 5.41) is 3.30. The van der Waals surface area contributed by atoms with Crippen molar-refractivity contribution in [2.24, 2.45) is 0 Å². The predicted molar refractivity (Wildman–Crippen MR) is 113 cm³/mol. The Bertz CT molecular complexity index is 771. The van der Waals surface area contributed by atoms with Crippen LogP contribution in [0.25, 0.3) is 0 Å². The molecule has 0 spiro atoms. The fourth-order valence-electron chi connectivity index (χ4n) is 2.66. The maximum absolute atomic E-state index is 5.55. The Hall–Kier alpha value is -2.55. The van der Waals surface area contributed by atoms with Crippen molar-refractivity contribution < 1.29 is 14.2 Å². The lowest BCUT2D eigenvalue weighted by Gasteiger charge is -2.18. The molecule has 0 aromatic heterocycles. The number of hydrogen-bond donors (Lipinski definition) is 1. The van der Waals surface area contributed by atoms with Crippen LogP contribution in [0, 0.1) is 12.3 Å². The average molecular weight is 384 g/mol. The first-order chi connectivity index (χ1) is 13.2. The number of hydrogen-bond acceptors (Lipinski definition) is 4. The molecule has 0 unspecified atom stereocenters. The number of ether oxygens (including phenoxy) is 3. The van der Waals surface area contributed by atoms with E-state index in [1.165, 1.54) is 5.56 Å². The lowest BCUT2D eigenvalue weighted by molar-refractivity contribution is 0.155. The molecular weight excluding hydrogens is 358 g/mol. The third-order valence-corrected chi connectivity index (χ3v) is 4.50. The molecule has 1 atom stereocenters. The van der Waals surface area contributed by atoms with Crippen LogP contribution in [0.2, 0.25) is 0 Å². The van der Waals surface area contributed by atoms with Crippen molar-refractivity contribution in [1.29, 1.82) is 0 Å². The van der Waals surface area contributed by atoms with Crippen LogP contribution in [0.1, 0.15) is 11.1 Å². The van der Waals surface area contributed by atoms with E-state index in [4.69, 9.17) is 32.9 Å².